The first-order chi connectivity index (χ1) is 9.22. The summed E-state index contributed by atoms with van der Waals surface area (Å²) in [5.41, 5.74) is 1.23. The molecule has 0 spiro atoms. The normalized spacial score (nSPS) is 12.4. The van der Waals surface area contributed by atoms with Gasteiger partial charge in [0.15, 0.2) is 0 Å². The molecule has 2 rings (SSSR count). The van der Waals surface area contributed by atoms with Gasteiger partial charge in [-0.1, -0.05) is 19.1 Å². The molecule has 1 aromatic carbocycles. The number of aryl methyl sites for hydroxylation is 1. The zero-order valence-electron chi connectivity index (χ0n) is 11.6. The molecular formula is C15H20N2OS. The van der Waals surface area contributed by atoms with Gasteiger partial charge in [-0.2, -0.15) is 0 Å². The lowest BCUT2D eigenvalue weighted by Gasteiger charge is -2.14. The average Bonchev–Trinajstić information content (AvgIpc) is 2.93. The first-order valence-electron chi connectivity index (χ1n) is 6.53. The minimum absolute atomic E-state index is 0.282. The molecule has 0 fully saturated rings. The minimum Gasteiger partial charge on any atom is -0.497 e. The number of benzene rings is 1. The summed E-state index contributed by atoms with van der Waals surface area (Å²) in [4.78, 5) is 5.76. The van der Waals surface area contributed by atoms with Gasteiger partial charge in [-0.25, -0.2) is 4.98 Å². The SMILES string of the molecule is CCc1cnc(CNC(C)c2cccc(OC)c2)s1. The molecule has 0 aliphatic heterocycles. The zero-order valence-corrected chi connectivity index (χ0v) is 12.5. The molecule has 1 aromatic heterocycles. The number of rotatable bonds is 6. The fraction of sp³-hybridized carbons (Fsp3) is 0.400. The molecule has 0 amide bonds. The highest BCUT2D eigenvalue weighted by Gasteiger charge is 2.07. The van der Waals surface area contributed by atoms with Crippen LogP contribution in [0.4, 0.5) is 0 Å². The van der Waals surface area contributed by atoms with Crippen LogP contribution >= 0.6 is 11.3 Å². The first kappa shape index (κ1) is 14.0. The van der Waals surface area contributed by atoms with Gasteiger partial charge < -0.3 is 10.1 Å². The molecule has 0 bridgehead atoms. The van der Waals surface area contributed by atoms with E-state index in [1.807, 2.05) is 18.3 Å². The third-order valence-corrected chi connectivity index (χ3v) is 4.24. The second-order valence-corrected chi connectivity index (χ2v) is 5.65. The van der Waals surface area contributed by atoms with E-state index in [0.29, 0.717) is 0 Å². The predicted molar refractivity (Wildman–Crippen MR) is 79.7 cm³/mol. The predicted octanol–water partition coefficient (Wildman–Crippen LogP) is 3.56. The summed E-state index contributed by atoms with van der Waals surface area (Å²) in [5.74, 6) is 0.897. The van der Waals surface area contributed by atoms with Gasteiger partial charge in [-0.3, -0.25) is 0 Å². The Morgan fingerprint density at radius 3 is 2.95 bits per heavy atom. The van der Waals surface area contributed by atoms with E-state index < -0.39 is 0 Å². The van der Waals surface area contributed by atoms with Crippen molar-refractivity contribution < 1.29 is 4.74 Å². The van der Waals surface area contributed by atoms with Gasteiger partial charge in [0, 0.05) is 23.7 Å². The highest BCUT2D eigenvalue weighted by molar-refractivity contribution is 7.11. The standard InChI is InChI=1S/C15H20N2OS/c1-4-14-9-17-15(19-14)10-16-11(2)12-6-5-7-13(8-12)18-3/h5-9,11,16H,4,10H2,1-3H3. The Kier molecular flexibility index (Phi) is 4.93. The number of nitrogens with one attached hydrogen (secondary N) is 1. The third kappa shape index (κ3) is 3.78. The van der Waals surface area contributed by atoms with Crippen LogP contribution in [0, 0.1) is 0 Å². The molecule has 1 N–H and O–H groups in total. The maximum absolute atomic E-state index is 5.25. The summed E-state index contributed by atoms with van der Waals surface area (Å²) in [7, 11) is 1.69. The number of hydrogen-bond acceptors (Lipinski definition) is 4. The molecule has 0 saturated heterocycles. The van der Waals surface area contributed by atoms with Gasteiger partial charge >= 0.3 is 0 Å². The molecule has 4 heteroatoms. The topological polar surface area (TPSA) is 34.2 Å². The fourth-order valence-electron chi connectivity index (χ4n) is 1.86. The van der Waals surface area contributed by atoms with E-state index >= 15 is 0 Å². The number of ether oxygens (including phenoxy) is 1. The third-order valence-electron chi connectivity index (χ3n) is 3.10. The van der Waals surface area contributed by atoms with Crippen molar-refractivity contribution in [3.63, 3.8) is 0 Å². The van der Waals surface area contributed by atoms with Gasteiger partial charge in [-0.15, -0.1) is 11.3 Å². The van der Waals surface area contributed by atoms with E-state index in [0.717, 1.165) is 23.7 Å². The Morgan fingerprint density at radius 1 is 1.42 bits per heavy atom. The Balaban J connectivity index is 1.94. The Hall–Kier alpha value is -1.39. The number of hydrogen-bond donors (Lipinski definition) is 1. The number of aromatic nitrogens is 1. The van der Waals surface area contributed by atoms with Crippen molar-refractivity contribution in [2.75, 3.05) is 7.11 Å². The number of methoxy groups -OCH3 is 1. The molecule has 0 aliphatic rings. The summed E-state index contributed by atoms with van der Waals surface area (Å²) < 4.78 is 5.25. The lowest BCUT2D eigenvalue weighted by Crippen LogP contribution is -2.17. The monoisotopic (exact) mass is 276 g/mol. The van der Waals surface area contributed by atoms with Crippen LogP contribution in [0.25, 0.3) is 0 Å². The molecule has 102 valence electrons. The Labute approximate surface area is 118 Å². The maximum atomic E-state index is 5.25. The number of thiazole rings is 1. The molecule has 1 unspecified atom stereocenters. The van der Waals surface area contributed by atoms with Crippen molar-refractivity contribution in [1.29, 1.82) is 0 Å². The van der Waals surface area contributed by atoms with E-state index in [9.17, 15) is 0 Å². The summed E-state index contributed by atoms with van der Waals surface area (Å²) in [6.07, 6.45) is 3.03. The average molecular weight is 276 g/mol. The second kappa shape index (κ2) is 6.68. The molecule has 1 atom stereocenters. The molecule has 1 heterocycles. The second-order valence-electron chi connectivity index (χ2n) is 4.45. The van der Waals surface area contributed by atoms with E-state index in [1.165, 1.54) is 10.4 Å². The van der Waals surface area contributed by atoms with E-state index in [-0.39, 0.29) is 6.04 Å². The maximum Gasteiger partial charge on any atom is 0.119 e. The minimum atomic E-state index is 0.282. The Morgan fingerprint density at radius 2 is 2.26 bits per heavy atom. The molecule has 0 radical (unpaired) electrons. The summed E-state index contributed by atoms with van der Waals surface area (Å²) in [5, 5.41) is 4.64. The lowest BCUT2D eigenvalue weighted by molar-refractivity contribution is 0.413. The van der Waals surface area contributed by atoms with Gasteiger partial charge in [0.2, 0.25) is 0 Å². The molecule has 3 nitrogen and oxygen atoms in total. The quantitative estimate of drug-likeness (QED) is 0.876. The van der Waals surface area contributed by atoms with Crippen molar-refractivity contribution in [2.24, 2.45) is 0 Å². The smallest absolute Gasteiger partial charge is 0.119 e. The molecule has 2 aromatic rings. The van der Waals surface area contributed by atoms with Crippen molar-refractivity contribution in [3.8, 4) is 5.75 Å². The van der Waals surface area contributed by atoms with Crippen molar-refractivity contribution in [1.82, 2.24) is 10.3 Å². The van der Waals surface area contributed by atoms with Crippen LogP contribution in [0.1, 0.15) is 35.3 Å². The van der Waals surface area contributed by atoms with E-state index in [4.69, 9.17) is 4.74 Å². The Bertz CT molecular complexity index is 524. The molecular weight excluding hydrogens is 256 g/mol. The van der Waals surface area contributed by atoms with Gasteiger partial charge in [0.1, 0.15) is 10.8 Å². The first-order valence-corrected chi connectivity index (χ1v) is 7.35. The van der Waals surface area contributed by atoms with Crippen LogP contribution in [-0.2, 0) is 13.0 Å². The van der Waals surface area contributed by atoms with Crippen LogP contribution in [0.15, 0.2) is 30.5 Å². The van der Waals surface area contributed by atoms with Crippen molar-refractivity contribution in [3.05, 3.63) is 45.9 Å². The van der Waals surface area contributed by atoms with Gasteiger partial charge in [0.05, 0.1) is 7.11 Å². The zero-order chi connectivity index (χ0) is 13.7. The highest BCUT2D eigenvalue weighted by Crippen LogP contribution is 2.20. The molecule has 0 aliphatic carbocycles. The van der Waals surface area contributed by atoms with Crippen molar-refractivity contribution in [2.45, 2.75) is 32.9 Å². The highest BCUT2D eigenvalue weighted by atomic mass is 32.1. The van der Waals surface area contributed by atoms with Crippen molar-refractivity contribution >= 4 is 11.3 Å². The fourth-order valence-corrected chi connectivity index (χ4v) is 2.68. The van der Waals surface area contributed by atoms with E-state index in [1.54, 1.807) is 18.4 Å². The van der Waals surface area contributed by atoms with Gasteiger partial charge in [-0.05, 0) is 31.0 Å². The lowest BCUT2D eigenvalue weighted by atomic mass is 10.1. The molecule has 19 heavy (non-hydrogen) atoms. The summed E-state index contributed by atoms with van der Waals surface area (Å²) in [6, 6.07) is 8.44. The summed E-state index contributed by atoms with van der Waals surface area (Å²) in [6.45, 7) is 5.12. The van der Waals surface area contributed by atoms with Crippen LogP contribution in [-0.4, -0.2) is 12.1 Å². The largest absolute Gasteiger partial charge is 0.497 e. The van der Waals surface area contributed by atoms with Crippen LogP contribution in [0.2, 0.25) is 0 Å². The number of nitrogens with zero attached hydrogens (tertiary/aromatic N) is 1. The molecule has 0 saturated carbocycles. The summed E-state index contributed by atoms with van der Waals surface area (Å²) >= 11 is 1.78. The van der Waals surface area contributed by atoms with Crippen LogP contribution in [0.5, 0.6) is 5.75 Å². The van der Waals surface area contributed by atoms with Gasteiger partial charge in [0.25, 0.3) is 0 Å². The van der Waals surface area contributed by atoms with Crippen LogP contribution in [0.3, 0.4) is 0 Å². The van der Waals surface area contributed by atoms with E-state index in [2.05, 4.69) is 36.3 Å². The van der Waals surface area contributed by atoms with Crippen LogP contribution < -0.4 is 10.1 Å².